The quantitative estimate of drug-likeness (QED) is 0.247. The minimum atomic E-state index is -1.14. The Kier molecular flexibility index (Phi) is 8.58. The maximum absolute atomic E-state index is 12.7. The summed E-state index contributed by atoms with van der Waals surface area (Å²) in [6.07, 6.45) is -0.205. The molecule has 0 saturated carbocycles. The van der Waals surface area contributed by atoms with Crippen molar-refractivity contribution in [2.75, 3.05) is 13.2 Å². The zero-order chi connectivity index (χ0) is 26.2. The number of carboxylic acid groups (broad SMARTS) is 1. The van der Waals surface area contributed by atoms with Crippen molar-refractivity contribution >= 4 is 28.0 Å². The molecule has 0 unspecified atom stereocenters. The fourth-order valence-corrected chi connectivity index (χ4v) is 3.86. The number of oxazole rings is 1. The number of benzene rings is 3. The highest BCUT2D eigenvalue weighted by Gasteiger charge is 2.20. The van der Waals surface area contributed by atoms with E-state index in [4.69, 9.17) is 13.9 Å². The summed E-state index contributed by atoms with van der Waals surface area (Å²) in [5.41, 5.74) is 2.43. The summed E-state index contributed by atoms with van der Waals surface area (Å²) in [4.78, 5) is 29.7. The van der Waals surface area contributed by atoms with Gasteiger partial charge in [0, 0.05) is 23.0 Å². The van der Waals surface area contributed by atoms with Crippen LogP contribution in [-0.2, 0) is 17.8 Å². The van der Waals surface area contributed by atoms with Crippen molar-refractivity contribution in [2.45, 2.75) is 19.9 Å². The van der Waals surface area contributed by atoms with Crippen molar-refractivity contribution in [3.63, 3.8) is 0 Å². The van der Waals surface area contributed by atoms with Gasteiger partial charge in [0.2, 0.25) is 5.89 Å². The maximum atomic E-state index is 12.7. The first-order valence-corrected chi connectivity index (χ1v) is 12.3. The van der Waals surface area contributed by atoms with E-state index in [0.29, 0.717) is 36.0 Å². The van der Waals surface area contributed by atoms with Gasteiger partial charge in [0.15, 0.2) is 0 Å². The van der Waals surface area contributed by atoms with Crippen molar-refractivity contribution in [3.05, 3.63) is 100 Å². The summed E-state index contributed by atoms with van der Waals surface area (Å²) in [5.74, 6) is 1.09. The predicted molar refractivity (Wildman–Crippen MR) is 141 cm³/mol. The number of carboxylic acids is 1. The lowest BCUT2D eigenvalue weighted by Crippen LogP contribution is -2.37. The molecule has 1 amide bonds. The number of carbonyl (C=O) groups is 2. The van der Waals surface area contributed by atoms with Crippen LogP contribution in [-0.4, -0.2) is 40.2 Å². The zero-order valence-electron chi connectivity index (χ0n) is 20.1. The first-order chi connectivity index (χ1) is 17.9. The molecule has 3 aromatic carbocycles. The lowest BCUT2D eigenvalue weighted by atomic mass is 10.2. The molecule has 4 rings (SSSR count). The number of rotatable bonds is 10. The van der Waals surface area contributed by atoms with E-state index in [0.717, 1.165) is 26.4 Å². The second-order valence-corrected chi connectivity index (χ2v) is 9.12. The number of ether oxygens (including phenoxy) is 2. The molecule has 0 spiro atoms. The average molecular weight is 565 g/mol. The first kappa shape index (κ1) is 26.0. The maximum Gasteiger partial charge on any atom is 0.416 e. The van der Waals surface area contributed by atoms with Crippen LogP contribution in [0.15, 0.2) is 87.8 Å². The number of nitrogens with zero attached hydrogens (tertiary/aromatic N) is 2. The standard InChI is InChI=1S/C28H25BrN2O6/c1-19-25(30-27(36-19)21-7-3-2-4-8-21)14-15-35-24-9-5-6-20(16-24)17-31(18-26(32)33)28(34)37-23-12-10-22(29)11-13-23/h2-13,16H,14-15,17-18H2,1H3,(H,32,33). The minimum Gasteiger partial charge on any atom is -0.493 e. The van der Waals surface area contributed by atoms with Gasteiger partial charge in [-0.15, -0.1) is 0 Å². The van der Waals surface area contributed by atoms with Crippen molar-refractivity contribution in [2.24, 2.45) is 0 Å². The molecule has 0 aliphatic heterocycles. The van der Waals surface area contributed by atoms with E-state index in [1.807, 2.05) is 37.3 Å². The Balaban J connectivity index is 1.37. The highest BCUT2D eigenvalue weighted by Crippen LogP contribution is 2.23. The van der Waals surface area contributed by atoms with Gasteiger partial charge in [0.05, 0.1) is 12.3 Å². The molecule has 9 heteroatoms. The monoisotopic (exact) mass is 564 g/mol. The molecule has 0 bridgehead atoms. The molecular formula is C28H25BrN2O6. The minimum absolute atomic E-state index is 0.0433. The lowest BCUT2D eigenvalue weighted by Gasteiger charge is -2.20. The van der Waals surface area contributed by atoms with E-state index in [1.165, 1.54) is 0 Å². The summed E-state index contributed by atoms with van der Waals surface area (Å²) in [6, 6.07) is 23.5. The topological polar surface area (TPSA) is 102 Å². The van der Waals surface area contributed by atoms with Crippen molar-refractivity contribution in [1.29, 1.82) is 0 Å². The number of carbonyl (C=O) groups excluding carboxylic acids is 1. The Morgan fingerprint density at radius 3 is 2.49 bits per heavy atom. The van der Waals surface area contributed by atoms with Gasteiger partial charge in [-0.25, -0.2) is 9.78 Å². The molecule has 0 atom stereocenters. The lowest BCUT2D eigenvalue weighted by molar-refractivity contribution is -0.138. The number of halogens is 1. The third-order valence-corrected chi connectivity index (χ3v) is 5.92. The molecule has 4 aromatic rings. The number of aryl methyl sites for hydroxylation is 1. The number of hydrogen-bond donors (Lipinski definition) is 1. The van der Waals surface area contributed by atoms with Crippen LogP contribution in [0, 0.1) is 6.92 Å². The molecule has 1 heterocycles. The van der Waals surface area contributed by atoms with Crippen LogP contribution < -0.4 is 9.47 Å². The highest BCUT2D eigenvalue weighted by molar-refractivity contribution is 9.10. The van der Waals surface area contributed by atoms with Crippen LogP contribution >= 0.6 is 15.9 Å². The molecule has 8 nitrogen and oxygen atoms in total. The smallest absolute Gasteiger partial charge is 0.416 e. The van der Waals surface area contributed by atoms with Gasteiger partial charge >= 0.3 is 12.1 Å². The summed E-state index contributed by atoms with van der Waals surface area (Å²) in [6.45, 7) is 1.78. The van der Waals surface area contributed by atoms with Crippen LogP contribution in [0.25, 0.3) is 11.5 Å². The van der Waals surface area contributed by atoms with Gasteiger partial charge in [0.25, 0.3) is 0 Å². The third kappa shape index (κ3) is 7.44. The highest BCUT2D eigenvalue weighted by atomic mass is 79.9. The Hall–Kier alpha value is -4.11. The molecule has 0 fully saturated rings. The molecule has 1 N–H and O–H groups in total. The number of aromatic nitrogens is 1. The number of amides is 1. The molecule has 1 aromatic heterocycles. The van der Waals surface area contributed by atoms with Gasteiger partial charge in [-0.2, -0.15) is 0 Å². The van der Waals surface area contributed by atoms with E-state index in [2.05, 4.69) is 20.9 Å². The van der Waals surface area contributed by atoms with Crippen LogP contribution in [0.2, 0.25) is 0 Å². The first-order valence-electron chi connectivity index (χ1n) is 11.5. The van der Waals surface area contributed by atoms with Crippen molar-refractivity contribution in [3.8, 4) is 23.0 Å². The van der Waals surface area contributed by atoms with Crippen LogP contribution in [0.5, 0.6) is 11.5 Å². The van der Waals surface area contributed by atoms with E-state index in [1.54, 1.807) is 48.5 Å². The summed E-state index contributed by atoms with van der Waals surface area (Å²) in [7, 11) is 0. The molecule has 0 aliphatic rings. The SMILES string of the molecule is Cc1oc(-c2ccccc2)nc1CCOc1cccc(CN(CC(=O)O)C(=O)Oc2ccc(Br)cc2)c1. The number of hydrogen-bond acceptors (Lipinski definition) is 6. The van der Waals surface area contributed by atoms with Gasteiger partial charge < -0.3 is 19.0 Å². The zero-order valence-corrected chi connectivity index (χ0v) is 21.7. The molecule has 0 saturated heterocycles. The van der Waals surface area contributed by atoms with Gasteiger partial charge in [0.1, 0.15) is 23.8 Å². The molecule has 190 valence electrons. The number of aliphatic carboxylic acids is 1. The second-order valence-electron chi connectivity index (χ2n) is 8.21. The largest absolute Gasteiger partial charge is 0.493 e. The Morgan fingerprint density at radius 2 is 1.76 bits per heavy atom. The summed E-state index contributed by atoms with van der Waals surface area (Å²) in [5, 5.41) is 9.30. The van der Waals surface area contributed by atoms with Crippen LogP contribution in [0.1, 0.15) is 17.0 Å². The summed E-state index contributed by atoms with van der Waals surface area (Å²) < 4.78 is 17.9. The molecule has 37 heavy (non-hydrogen) atoms. The van der Waals surface area contributed by atoms with Gasteiger partial charge in [-0.3, -0.25) is 9.69 Å². The second kappa shape index (κ2) is 12.2. The Labute approximate surface area is 222 Å². The van der Waals surface area contributed by atoms with Gasteiger partial charge in [-0.1, -0.05) is 46.3 Å². The Morgan fingerprint density at radius 1 is 1.00 bits per heavy atom. The van der Waals surface area contributed by atoms with Crippen LogP contribution in [0.3, 0.4) is 0 Å². The summed E-state index contributed by atoms with van der Waals surface area (Å²) >= 11 is 3.32. The molecule has 0 aliphatic carbocycles. The van der Waals surface area contributed by atoms with E-state index in [-0.39, 0.29) is 6.54 Å². The van der Waals surface area contributed by atoms with Gasteiger partial charge in [-0.05, 0) is 61.0 Å². The normalized spacial score (nSPS) is 10.6. The fourth-order valence-electron chi connectivity index (χ4n) is 3.60. The van der Waals surface area contributed by atoms with E-state index < -0.39 is 18.6 Å². The Bertz CT molecular complexity index is 1350. The van der Waals surface area contributed by atoms with E-state index in [9.17, 15) is 14.7 Å². The van der Waals surface area contributed by atoms with Crippen molar-refractivity contribution in [1.82, 2.24) is 9.88 Å². The van der Waals surface area contributed by atoms with Crippen LogP contribution in [0.4, 0.5) is 4.79 Å². The fraction of sp³-hybridized carbons (Fsp3) is 0.179. The molecule has 0 radical (unpaired) electrons. The predicted octanol–water partition coefficient (Wildman–Crippen LogP) is 6.12. The third-order valence-electron chi connectivity index (χ3n) is 5.40. The van der Waals surface area contributed by atoms with E-state index >= 15 is 0 Å². The van der Waals surface area contributed by atoms with Crippen molar-refractivity contribution < 1.29 is 28.6 Å². The average Bonchev–Trinajstić information content (AvgIpc) is 3.26. The molecular weight excluding hydrogens is 540 g/mol.